The summed E-state index contributed by atoms with van der Waals surface area (Å²) in [5, 5.41) is 3.11. The maximum Gasteiger partial charge on any atom is 0.225 e. The topological polar surface area (TPSA) is 49.6 Å². The zero-order chi connectivity index (χ0) is 19.6. The average molecular weight is 384 g/mol. The lowest BCUT2D eigenvalue weighted by Crippen LogP contribution is -2.43. The summed E-state index contributed by atoms with van der Waals surface area (Å²) in [6, 6.07) is 22.4. The van der Waals surface area contributed by atoms with Crippen LogP contribution in [0.1, 0.15) is 18.4 Å². The molecule has 1 amide bonds. The molecule has 4 aromatic rings. The van der Waals surface area contributed by atoms with E-state index in [1.807, 2.05) is 48.5 Å². The molecule has 5 rings (SSSR count). The molecule has 0 radical (unpaired) electrons. The second-order valence-electron chi connectivity index (χ2n) is 7.68. The van der Waals surface area contributed by atoms with Gasteiger partial charge in [-0.3, -0.25) is 4.79 Å². The number of rotatable bonds is 4. The van der Waals surface area contributed by atoms with E-state index in [1.165, 1.54) is 0 Å². The maximum atomic E-state index is 12.8. The first-order valence-electron chi connectivity index (χ1n) is 10.2. The zero-order valence-electron chi connectivity index (χ0n) is 16.3. The van der Waals surface area contributed by atoms with Gasteiger partial charge in [-0.1, -0.05) is 42.5 Å². The van der Waals surface area contributed by atoms with Gasteiger partial charge >= 0.3 is 0 Å². The number of aromatic nitrogens is 2. The molecule has 3 heterocycles. The van der Waals surface area contributed by atoms with Gasteiger partial charge in [0.1, 0.15) is 0 Å². The Hall–Kier alpha value is -3.34. The predicted octanol–water partition coefficient (Wildman–Crippen LogP) is 4.02. The van der Waals surface area contributed by atoms with E-state index in [4.69, 9.17) is 4.98 Å². The fraction of sp³-hybridized carbons (Fsp3) is 0.250. The van der Waals surface area contributed by atoms with Gasteiger partial charge in [-0.15, -0.1) is 0 Å². The highest BCUT2D eigenvalue weighted by atomic mass is 16.1. The van der Waals surface area contributed by atoms with Gasteiger partial charge in [0.15, 0.2) is 5.82 Å². The summed E-state index contributed by atoms with van der Waals surface area (Å²) in [5.74, 6) is 1.08. The SMILES string of the molecule is O=C(NCc1ccccc1)C1CCCN(c2nc3ccccc3n3cccc23)C1. The monoisotopic (exact) mass is 384 g/mol. The van der Waals surface area contributed by atoms with Gasteiger partial charge in [-0.25, -0.2) is 4.98 Å². The van der Waals surface area contributed by atoms with Crippen LogP contribution in [0.2, 0.25) is 0 Å². The molecule has 2 aromatic heterocycles. The minimum atomic E-state index is -0.0178. The van der Waals surface area contributed by atoms with Gasteiger partial charge in [0.25, 0.3) is 0 Å². The summed E-state index contributed by atoms with van der Waals surface area (Å²) in [4.78, 5) is 20.0. The van der Waals surface area contributed by atoms with Crippen LogP contribution in [0.4, 0.5) is 5.82 Å². The molecule has 29 heavy (non-hydrogen) atoms. The van der Waals surface area contributed by atoms with Crippen LogP contribution in [0.15, 0.2) is 72.9 Å². The van der Waals surface area contributed by atoms with Gasteiger partial charge in [0, 0.05) is 25.8 Å². The van der Waals surface area contributed by atoms with E-state index in [9.17, 15) is 4.79 Å². The molecule has 1 fully saturated rings. The number of fused-ring (bicyclic) bond motifs is 3. The van der Waals surface area contributed by atoms with Crippen LogP contribution in [-0.2, 0) is 11.3 Å². The van der Waals surface area contributed by atoms with Crippen molar-refractivity contribution in [3.05, 3.63) is 78.5 Å². The van der Waals surface area contributed by atoms with Gasteiger partial charge in [-0.2, -0.15) is 0 Å². The molecular weight excluding hydrogens is 360 g/mol. The Morgan fingerprint density at radius 1 is 1.00 bits per heavy atom. The molecule has 5 nitrogen and oxygen atoms in total. The molecule has 0 spiro atoms. The Bertz CT molecular complexity index is 1150. The fourth-order valence-electron chi connectivity index (χ4n) is 4.25. The highest BCUT2D eigenvalue weighted by Gasteiger charge is 2.27. The molecule has 0 aliphatic carbocycles. The van der Waals surface area contributed by atoms with Crippen molar-refractivity contribution in [1.82, 2.24) is 14.7 Å². The van der Waals surface area contributed by atoms with Gasteiger partial charge in [-0.05, 0) is 42.7 Å². The quantitative estimate of drug-likeness (QED) is 0.578. The molecule has 1 unspecified atom stereocenters. The number of carbonyl (C=O) groups excluding carboxylic acids is 1. The van der Waals surface area contributed by atoms with Crippen LogP contribution in [0.3, 0.4) is 0 Å². The highest BCUT2D eigenvalue weighted by molar-refractivity contribution is 5.86. The third-order valence-electron chi connectivity index (χ3n) is 5.75. The summed E-state index contributed by atoms with van der Waals surface area (Å²) >= 11 is 0. The predicted molar refractivity (Wildman–Crippen MR) is 116 cm³/mol. The van der Waals surface area contributed by atoms with Crippen molar-refractivity contribution in [2.75, 3.05) is 18.0 Å². The van der Waals surface area contributed by atoms with Gasteiger partial charge < -0.3 is 14.6 Å². The summed E-state index contributed by atoms with van der Waals surface area (Å²) in [5.41, 5.74) is 4.29. The maximum absolute atomic E-state index is 12.8. The fourth-order valence-corrected chi connectivity index (χ4v) is 4.25. The van der Waals surface area contributed by atoms with E-state index in [0.29, 0.717) is 13.1 Å². The number of carbonyl (C=O) groups is 1. The minimum Gasteiger partial charge on any atom is -0.354 e. The van der Waals surface area contributed by atoms with E-state index in [-0.39, 0.29) is 11.8 Å². The van der Waals surface area contributed by atoms with E-state index >= 15 is 0 Å². The van der Waals surface area contributed by atoms with Crippen molar-refractivity contribution in [3.63, 3.8) is 0 Å². The molecule has 1 aliphatic heterocycles. The molecule has 0 saturated carbocycles. The third-order valence-corrected chi connectivity index (χ3v) is 5.75. The Labute approximate surface area is 170 Å². The molecule has 1 N–H and O–H groups in total. The Kier molecular flexibility index (Phi) is 4.64. The summed E-state index contributed by atoms with van der Waals surface area (Å²) in [6.45, 7) is 2.20. The Morgan fingerprint density at radius 2 is 1.79 bits per heavy atom. The van der Waals surface area contributed by atoms with Crippen molar-refractivity contribution in [1.29, 1.82) is 0 Å². The minimum absolute atomic E-state index is 0.0178. The Morgan fingerprint density at radius 3 is 2.69 bits per heavy atom. The first-order valence-corrected chi connectivity index (χ1v) is 10.2. The molecule has 1 atom stereocenters. The lowest BCUT2D eigenvalue weighted by atomic mass is 9.97. The zero-order valence-corrected chi connectivity index (χ0v) is 16.3. The molecule has 146 valence electrons. The standard InChI is InChI=1S/C24H24N4O/c29-24(25-16-18-8-2-1-3-9-18)19-10-6-14-27(17-19)23-22-13-7-15-28(22)21-12-5-4-11-20(21)26-23/h1-5,7-9,11-13,15,19H,6,10,14,16-17H2,(H,25,29). The van der Waals surface area contributed by atoms with Crippen molar-refractivity contribution < 1.29 is 4.79 Å². The molecule has 2 aromatic carbocycles. The summed E-state index contributed by atoms with van der Waals surface area (Å²) in [6.07, 6.45) is 3.99. The Balaban J connectivity index is 1.38. The third kappa shape index (κ3) is 3.44. The molecule has 1 saturated heterocycles. The van der Waals surface area contributed by atoms with Crippen LogP contribution in [0.5, 0.6) is 0 Å². The number of anilines is 1. The van der Waals surface area contributed by atoms with Crippen LogP contribution in [-0.4, -0.2) is 28.4 Å². The summed E-state index contributed by atoms with van der Waals surface area (Å²) in [7, 11) is 0. The van der Waals surface area contributed by atoms with Crippen LogP contribution in [0, 0.1) is 5.92 Å². The van der Waals surface area contributed by atoms with Crippen molar-refractivity contribution in [3.8, 4) is 0 Å². The van der Waals surface area contributed by atoms with E-state index in [0.717, 1.165) is 47.3 Å². The first kappa shape index (κ1) is 17.7. The van der Waals surface area contributed by atoms with Crippen molar-refractivity contribution in [2.45, 2.75) is 19.4 Å². The van der Waals surface area contributed by atoms with Crippen LogP contribution >= 0.6 is 0 Å². The molecule has 1 aliphatic rings. The number of hydrogen-bond donors (Lipinski definition) is 1. The van der Waals surface area contributed by atoms with E-state index in [1.54, 1.807) is 0 Å². The first-order chi connectivity index (χ1) is 14.3. The number of hydrogen-bond acceptors (Lipinski definition) is 3. The normalized spacial score (nSPS) is 17.0. The largest absolute Gasteiger partial charge is 0.354 e. The molecule has 0 bridgehead atoms. The smallest absolute Gasteiger partial charge is 0.225 e. The lowest BCUT2D eigenvalue weighted by Gasteiger charge is -2.33. The van der Waals surface area contributed by atoms with Crippen LogP contribution in [0.25, 0.3) is 16.6 Å². The number of para-hydroxylation sites is 2. The summed E-state index contributed by atoms with van der Waals surface area (Å²) < 4.78 is 2.19. The van der Waals surface area contributed by atoms with E-state index < -0.39 is 0 Å². The number of benzene rings is 2. The van der Waals surface area contributed by atoms with Gasteiger partial charge in [0.05, 0.1) is 22.5 Å². The molecule has 5 heteroatoms. The number of nitrogens with zero attached hydrogens (tertiary/aromatic N) is 3. The van der Waals surface area contributed by atoms with Gasteiger partial charge in [0.2, 0.25) is 5.91 Å². The van der Waals surface area contributed by atoms with Crippen LogP contribution < -0.4 is 10.2 Å². The average Bonchev–Trinajstić information content (AvgIpc) is 3.28. The molecular formula is C24H24N4O. The number of amides is 1. The number of nitrogens with one attached hydrogen (secondary N) is 1. The highest BCUT2D eigenvalue weighted by Crippen LogP contribution is 2.29. The van der Waals surface area contributed by atoms with Crippen molar-refractivity contribution in [2.24, 2.45) is 5.92 Å². The second kappa shape index (κ2) is 7.59. The van der Waals surface area contributed by atoms with E-state index in [2.05, 4.69) is 39.0 Å². The second-order valence-corrected chi connectivity index (χ2v) is 7.68. The van der Waals surface area contributed by atoms with Crippen molar-refractivity contribution >= 4 is 28.3 Å². The lowest BCUT2D eigenvalue weighted by molar-refractivity contribution is -0.125. The number of piperidine rings is 1.